The van der Waals surface area contributed by atoms with Crippen LogP contribution in [0, 0.1) is 5.92 Å². The van der Waals surface area contributed by atoms with Crippen molar-refractivity contribution in [3.63, 3.8) is 0 Å². The molecule has 0 rings (SSSR count). The molecule has 0 aliphatic carbocycles. The maximum absolute atomic E-state index is 7.80. The maximum Gasteiger partial charge on any atom is 0.0236 e. The standard InChI is InChI=1S/C14H30N/c1-4-5-6-7-8-9-10-11-12-14(15)13(2)3/h13-15H,4-12H2,1-3H3. The van der Waals surface area contributed by atoms with Gasteiger partial charge < -0.3 is 0 Å². The third-order valence-corrected chi connectivity index (χ3v) is 3.17. The molecule has 0 aromatic heterocycles. The highest BCUT2D eigenvalue weighted by Crippen LogP contribution is 2.13. The van der Waals surface area contributed by atoms with Crippen molar-refractivity contribution in [1.29, 1.82) is 0 Å². The summed E-state index contributed by atoms with van der Waals surface area (Å²) in [5, 5.41) is 0. The van der Waals surface area contributed by atoms with Crippen LogP contribution < -0.4 is 5.73 Å². The molecule has 1 unspecified atom stereocenters. The number of hydrogen-bond donors (Lipinski definition) is 0. The first kappa shape index (κ1) is 15.0. The van der Waals surface area contributed by atoms with Crippen LogP contribution in [0.5, 0.6) is 0 Å². The Kier molecular flexibility index (Phi) is 10.4. The molecule has 0 aromatic carbocycles. The summed E-state index contributed by atoms with van der Waals surface area (Å²) in [4.78, 5) is 0. The van der Waals surface area contributed by atoms with E-state index in [4.69, 9.17) is 5.73 Å². The van der Waals surface area contributed by atoms with Gasteiger partial charge >= 0.3 is 0 Å². The van der Waals surface area contributed by atoms with Crippen molar-refractivity contribution >= 4 is 0 Å². The molecule has 91 valence electrons. The van der Waals surface area contributed by atoms with E-state index in [1.807, 2.05) is 0 Å². The number of unbranched alkanes of at least 4 members (excludes halogenated alkanes) is 7. The Labute approximate surface area is 96.8 Å². The van der Waals surface area contributed by atoms with E-state index < -0.39 is 0 Å². The summed E-state index contributed by atoms with van der Waals surface area (Å²) < 4.78 is 0. The van der Waals surface area contributed by atoms with Crippen molar-refractivity contribution in [3.8, 4) is 0 Å². The van der Waals surface area contributed by atoms with E-state index in [2.05, 4.69) is 20.8 Å². The lowest BCUT2D eigenvalue weighted by Gasteiger charge is -2.13. The Morgan fingerprint density at radius 1 is 0.800 bits per heavy atom. The van der Waals surface area contributed by atoms with Crippen LogP contribution in [0.15, 0.2) is 0 Å². The molecule has 0 fully saturated rings. The second-order valence-corrected chi connectivity index (χ2v) is 5.11. The predicted molar refractivity (Wildman–Crippen MR) is 68.9 cm³/mol. The molecule has 1 nitrogen and oxygen atoms in total. The van der Waals surface area contributed by atoms with Gasteiger partial charge in [-0.25, -0.2) is 0 Å². The van der Waals surface area contributed by atoms with Crippen LogP contribution >= 0.6 is 0 Å². The summed E-state index contributed by atoms with van der Waals surface area (Å²) in [5.41, 5.74) is 7.80. The third-order valence-electron chi connectivity index (χ3n) is 3.17. The summed E-state index contributed by atoms with van der Waals surface area (Å²) in [6, 6.07) is 0.171. The Balaban J connectivity index is 3.05. The van der Waals surface area contributed by atoms with Crippen molar-refractivity contribution in [2.24, 2.45) is 5.92 Å². The van der Waals surface area contributed by atoms with E-state index in [0.717, 1.165) is 6.42 Å². The second kappa shape index (κ2) is 10.5. The average Bonchev–Trinajstić information content (AvgIpc) is 2.21. The number of hydrogen-bond acceptors (Lipinski definition) is 0. The third kappa shape index (κ3) is 10.2. The minimum atomic E-state index is 0.171. The highest BCUT2D eigenvalue weighted by Gasteiger charge is 2.06. The molecule has 15 heavy (non-hydrogen) atoms. The molecule has 0 aliphatic heterocycles. The van der Waals surface area contributed by atoms with Gasteiger partial charge in [0.15, 0.2) is 0 Å². The fraction of sp³-hybridized carbons (Fsp3) is 1.00. The fourth-order valence-corrected chi connectivity index (χ4v) is 1.83. The van der Waals surface area contributed by atoms with Crippen molar-refractivity contribution < 1.29 is 0 Å². The van der Waals surface area contributed by atoms with Crippen molar-refractivity contribution in [2.75, 3.05) is 0 Å². The molecule has 0 saturated carbocycles. The lowest BCUT2D eigenvalue weighted by molar-refractivity contribution is 0.428. The quantitative estimate of drug-likeness (QED) is 0.463. The topological polar surface area (TPSA) is 23.8 Å². The molecule has 0 bridgehead atoms. The van der Waals surface area contributed by atoms with Crippen molar-refractivity contribution in [3.05, 3.63) is 0 Å². The minimum Gasteiger partial charge on any atom is -0.254 e. The average molecular weight is 212 g/mol. The first-order chi connectivity index (χ1) is 7.18. The van der Waals surface area contributed by atoms with E-state index in [1.165, 1.54) is 51.4 Å². The van der Waals surface area contributed by atoms with Crippen LogP contribution in [-0.2, 0) is 0 Å². The monoisotopic (exact) mass is 212 g/mol. The lowest BCUT2D eigenvalue weighted by Crippen LogP contribution is -2.16. The maximum atomic E-state index is 7.80. The SMILES string of the molecule is CCCCCCCCCCC([NH])C(C)C. The van der Waals surface area contributed by atoms with E-state index in [9.17, 15) is 0 Å². The van der Waals surface area contributed by atoms with Crippen molar-refractivity contribution in [1.82, 2.24) is 5.73 Å². The fourth-order valence-electron chi connectivity index (χ4n) is 1.83. The molecule has 1 radical (unpaired) electrons. The molecule has 0 spiro atoms. The first-order valence-electron chi connectivity index (χ1n) is 6.89. The predicted octanol–water partition coefficient (Wildman–Crippen LogP) is 4.82. The molecule has 0 aliphatic rings. The summed E-state index contributed by atoms with van der Waals surface area (Å²) in [5.74, 6) is 0.537. The van der Waals surface area contributed by atoms with Crippen molar-refractivity contribution in [2.45, 2.75) is 84.6 Å². The normalized spacial score (nSPS) is 13.4. The van der Waals surface area contributed by atoms with Crippen LogP contribution in [0.2, 0.25) is 0 Å². The molecule has 1 N–H and O–H groups in total. The van der Waals surface area contributed by atoms with E-state index >= 15 is 0 Å². The Bertz CT molecular complexity index is 121. The molecule has 0 amide bonds. The molecule has 1 heteroatoms. The summed E-state index contributed by atoms with van der Waals surface area (Å²) >= 11 is 0. The highest BCUT2D eigenvalue weighted by atomic mass is 14.6. The van der Waals surface area contributed by atoms with Gasteiger partial charge in [0, 0.05) is 6.04 Å². The number of rotatable bonds is 10. The van der Waals surface area contributed by atoms with Crippen LogP contribution in [0.4, 0.5) is 0 Å². The van der Waals surface area contributed by atoms with Gasteiger partial charge in [0.1, 0.15) is 0 Å². The van der Waals surface area contributed by atoms with Gasteiger partial charge in [-0.2, -0.15) is 0 Å². The highest BCUT2D eigenvalue weighted by molar-refractivity contribution is 4.64. The lowest BCUT2D eigenvalue weighted by atomic mass is 9.98. The molecule has 0 aromatic rings. The summed E-state index contributed by atoms with van der Waals surface area (Å²) in [6.45, 7) is 6.57. The molecule has 1 atom stereocenters. The van der Waals surface area contributed by atoms with E-state index in [0.29, 0.717) is 5.92 Å². The Hall–Kier alpha value is -0.0400. The van der Waals surface area contributed by atoms with Gasteiger partial charge in [0.05, 0.1) is 0 Å². The van der Waals surface area contributed by atoms with Crippen LogP contribution in [0.3, 0.4) is 0 Å². The van der Waals surface area contributed by atoms with E-state index in [1.54, 1.807) is 0 Å². The van der Waals surface area contributed by atoms with Gasteiger partial charge in [0.25, 0.3) is 0 Å². The summed E-state index contributed by atoms with van der Waals surface area (Å²) in [6.07, 6.45) is 12.1. The zero-order chi connectivity index (χ0) is 11.5. The molecule has 0 heterocycles. The smallest absolute Gasteiger partial charge is 0.0236 e. The molecular formula is C14H30N. The minimum absolute atomic E-state index is 0.171. The zero-order valence-electron chi connectivity index (χ0n) is 11.0. The van der Waals surface area contributed by atoms with Crippen LogP contribution in [0.1, 0.15) is 78.6 Å². The molecular weight excluding hydrogens is 182 g/mol. The van der Waals surface area contributed by atoms with Gasteiger partial charge in [-0.1, -0.05) is 72.1 Å². The van der Waals surface area contributed by atoms with Crippen LogP contribution in [0.25, 0.3) is 0 Å². The Morgan fingerprint density at radius 2 is 1.27 bits per heavy atom. The molecule has 0 saturated heterocycles. The first-order valence-corrected chi connectivity index (χ1v) is 6.89. The van der Waals surface area contributed by atoms with Crippen LogP contribution in [-0.4, -0.2) is 6.04 Å². The Morgan fingerprint density at radius 3 is 1.73 bits per heavy atom. The zero-order valence-corrected chi connectivity index (χ0v) is 11.0. The number of nitrogens with one attached hydrogen (secondary N) is 1. The summed E-state index contributed by atoms with van der Waals surface area (Å²) in [7, 11) is 0. The second-order valence-electron chi connectivity index (χ2n) is 5.11. The van der Waals surface area contributed by atoms with Gasteiger partial charge in [0.2, 0.25) is 0 Å². The van der Waals surface area contributed by atoms with Gasteiger partial charge in [-0.3, -0.25) is 5.73 Å². The van der Waals surface area contributed by atoms with Gasteiger partial charge in [-0.05, 0) is 12.3 Å². The van der Waals surface area contributed by atoms with Gasteiger partial charge in [-0.15, -0.1) is 0 Å². The van der Waals surface area contributed by atoms with E-state index in [-0.39, 0.29) is 6.04 Å². The largest absolute Gasteiger partial charge is 0.254 e.